The number of fused-ring (bicyclic) bond motifs is 1. The molecule has 4 aromatic rings. The summed E-state index contributed by atoms with van der Waals surface area (Å²) in [5.41, 5.74) is 2.24. The molecule has 1 atom stereocenters. The largest absolute Gasteiger partial charge is 0.489 e. The fraction of sp³-hybridized carbons (Fsp3) is 0.150. The minimum atomic E-state index is -4.61. The lowest BCUT2D eigenvalue weighted by Gasteiger charge is -2.22. The van der Waals surface area contributed by atoms with Gasteiger partial charge in [-0.1, -0.05) is 12.1 Å². The summed E-state index contributed by atoms with van der Waals surface area (Å²) in [6.45, 7) is -0.0706. The topological polar surface area (TPSA) is 76.0 Å². The molecule has 5 rings (SSSR count). The number of nitrogens with one attached hydrogen (secondary N) is 1. The van der Waals surface area contributed by atoms with Crippen LogP contribution in [0.3, 0.4) is 0 Å². The third kappa shape index (κ3) is 3.27. The first-order valence-corrected chi connectivity index (χ1v) is 9.11. The predicted octanol–water partition coefficient (Wildman–Crippen LogP) is 4.74. The first-order valence-electron chi connectivity index (χ1n) is 9.11. The summed E-state index contributed by atoms with van der Waals surface area (Å²) in [4.78, 5) is 24.5. The second-order valence-electron chi connectivity index (χ2n) is 6.94. The molecule has 11 heteroatoms. The molecule has 7 nitrogen and oxygen atoms in total. The van der Waals surface area contributed by atoms with Crippen LogP contribution in [0.25, 0.3) is 22.3 Å². The summed E-state index contributed by atoms with van der Waals surface area (Å²) in [6, 6.07) is 8.34. The molecule has 1 fully saturated rings. The van der Waals surface area contributed by atoms with Gasteiger partial charge in [-0.3, -0.25) is 4.90 Å². The van der Waals surface area contributed by atoms with Gasteiger partial charge >= 0.3 is 12.4 Å². The van der Waals surface area contributed by atoms with Crippen molar-refractivity contribution in [1.29, 1.82) is 0 Å². The molecule has 2 aromatic carbocycles. The number of imidazole rings is 2. The number of cyclic esters (lactones) is 1. The van der Waals surface area contributed by atoms with Crippen LogP contribution in [0.5, 0.6) is 0 Å². The van der Waals surface area contributed by atoms with E-state index in [2.05, 4.69) is 15.0 Å². The molecule has 2 aromatic heterocycles. The van der Waals surface area contributed by atoms with Crippen molar-refractivity contribution in [2.75, 3.05) is 11.5 Å². The molecule has 0 saturated carbocycles. The highest BCUT2D eigenvalue weighted by Crippen LogP contribution is 2.36. The minimum Gasteiger partial charge on any atom is -0.447 e. The lowest BCUT2D eigenvalue weighted by Crippen LogP contribution is -2.27. The fourth-order valence-electron chi connectivity index (χ4n) is 3.58. The van der Waals surface area contributed by atoms with Gasteiger partial charge in [-0.25, -0.2) is 23.7 Å². The van der Waals surface area contributed by atoms with Gasteiger partial charge in [0.2, 0.25) is 0 Å². The molecule has 0 radical (unpaired) electrons. The Kier molecular flexibility index (Phi) is 4.20. The molecule has 0 bridgehead atoms. The van der Waals surface area contributed by atoms with Crippen molar-refractivity contribution in [2.45, 2.75) is 12.3 Å². The third-order valence-corrected chi connectivity index (χ3v) is 5.09. The van der Waals surface area contributed by atoms with Gasteiger partial charge in [0.25, 0.3) is 0 Å². The number of anilines is 1. The number of hydrogen-bond acceptors (Lipinski definition) is 4. The number of ether oxygens (including phenoxy) is 1. The third-order valence-electron chi connectivity index (χ3n) is 5.09. The van der Waals surface area contributed by atoms with Gasteiger partial charge < -0.3 is 9.72 Å². The van der Waals surface area contributed by atoms with E-state index in [9.17, 15) is 22.4 Å². The molecule has 1 aliphatic rings. The molecule has 3 heterocycles. The quantitative estimate of drug-likeness (QED) is 0.476. The van der Waals surface area contributed by atoms with Crippen molar-refractivity contribution in [3.8, 4) is 11.3 Å². The van der Waals surface area contributed by atoms with Crippen LogP contribution in [-0.4, -0.2) is 32.2 Å². The second kappa shape index (κ2) is 6.83. The van der Waals surface area contributed by atoms with Crippen molar-refractivity contribution in [3.63, 3.8) is 0 Å². The monoisotopic (exact) mass is 431 g/mol. The number of alkyl halides is 3. The maximum atomic E-state index is 15.0. The Hall–Kier alpha value is -3.89. The zero-order valence-corrected chi connectivity index (χ0v) is 15.6. The number of amides is 1. The van der Waals surface area contributed by atoms with Crippen molar-refractivity contribution in [3.05, 3.63) is 66.6 Å². The Bertz CT molecular complexity index is 1300. The molecular formula is C20H13F4N5O2. The van der Waals surface area contributed by atoms with Crippen LogP contribution in [0.15, 0.2) is 55.2 Å². The molecule has 0 aliphatic carbocycles. The van der Waals surface area contributed by atoms with Gasteiger partial charge in [-0.2, -0.15) is 0 Å². The Morgan fingerprint density at radius 3 is 2.71 bits per heavy atom. The van der Waals surface area contributed by atoms with Crippen molar-refractivity contribution >= 4 is 22.8 Å². The van der Waals surface area contributed by atoms with Crippen molar-refractivity contribution in [1.82, 2.24) is 19.5 Å². The molecule has 1 saturated heterocycles. The van der Waals surface area contributed by atoms with E-state index in [1.54, 1.807) is 18.2 Å². The Labute approximate surface area is 171 Å². The lowest BCUT2D eigenvalue weighted by atomic mass is 10.0. The summed E-state index contributed by atoms with van der Waals surface area (Å²) >= 11 is 0. The first kappa shape index (κ1) is 19.1. The highest BCUT2D eigenvalue weighted by molar-refractivity contribution is 5.93. The van der Waals surface area contributed by atoms with Gasteiger partial charge in [0.05, 0.1) is 28.7 Å². The fourth-order valence-corrected chi connectivity index (χ4v) is 3.58. The summed E-state index contributed by atoms with van der Waals surface area (Å²) in [7, 11) is 0. The van der Waals surface area contributed by atoms with E-state index >= 15 is 0 Å². The molecule has 1 N–H and O–H groups in total. The molecule has 158 valence electrons. The van der Waals surface area contributed by atoms with E-state index < -0.39 is 24.3 Å². The van der Waals surface area contributed by atoms with Crippen LogP contribution in [0, 0.1) is 5.82 Å². The first-order chi connectivity index (χ1) is 14.8. The molecule has 0 spiro atoms. The summed E-state index contributed by atoms with van der Waals surface area (Å²) in [6.07, 6.45) is -2.31. The average molecular weight is 431 g/mol. The number of benzene rings is 2. The van der Waals surface area contributed by atoms with Crippen molar-refractivity contribution < 1.29 is 27.1 Å². The summed E-state index contributed by atoms with van der Waals surface area (Å²) in [5, 5.41) is 0. The van der Waals surface area contributed by atoms with E-state index in [4.69, 9.17) is 4.74 Å². The number of aromatic amines is 1. The van der Waals surface area contributed by atoms with Gasteiger partial charge in [-0.15, -0.1) is 13.2 Å². The molecule has 0 unspecified atom stereocenters. The van der Waals surface area contributed by atoms with Crippen LogP contribution in [0.1, 0.15) is 11.6 Å². The normalized spacial score (nSPS) is 16.8. The predicted molar refractivity (Wildman–Crippen MR) is 102 cm³/mol. The van der Waals surface area contributed by atoms with Gasteiger partial charge in [0.1, 0.15) is 24.8 Å². The number of H-pyrrole nitrogens is 1. The standard InChI is InChI=1S/C20H13F4N5O2/c21-14-5-11(17-7-28(10-27-17)20(22,23)24)1-3-13(14)18-8-31-19(30)29(18)12-2-4-15-16(6-12)26-9-25-15/h1-7,9-10,18H,8H2,(H,25,26)/t18-/m1/s1. The van der Waals surface area contributed by atoms with Crippen LogP contribution in [0.2, 0.25) is 0 Å². The number of rotatable bonds is 3. The molecular weight excluding hydrogens is 418 g/mol. The maximum Gasteiger partial charge on any atom is 0.489 e. The van der Waals surface area contributed by atoms with Crippen LogP contribution < -0.4 is 4.90 Å². The van der Waals surface area contributed by atoms with E-state index in [-0.39, 0.29) is 28.0 Å². The summed E-state index contributed by atoms with van der Waals surface area (Å²) < 4.78 is 58.4. The number of carbonyl (C=O) groups excluding carboxylic acids is 1. The number of nitrogens with zero attached hydrogens (tertiary/aromatic N) is 4. The Morgan fingerprint density at radius 2 is 1.97 bits per heavy atom. The molecule has 31 heavy (non-hydrogen) atoms. The second-order valence-corrected chi connectivity index (χ2v) is 6.94. The maximum absolute atomic E-state index is 15.0. The van der Waals surface area contributed by atoms with E-state index in [0.717, 1.165) is 12.3 Å². The summed E-state index contributed by atoms with van der Waals surface area (Å²) in [5.74, 6) is -0.685. The minimum absolute atomic E-state index is 0.00897. The number of carbonyl (C=O) groups is 1. The lowest BCUT2D eigenvalue weighted by molar-refractivity contribution is -0.204. The zero-order valence-electron chi connectivity index (χ0n) is 15.6. The van der Waals surface area contributed by atoms with Gasteiger partial charge in [0, 0.05) is 17.3 Å². The number of halogens is 4. The van der Waals surface area contributed by atoms with Crippen LogP contribution >= 0.6 is 0 Å². The Morgan fingerprint density at radius 1 is 1.13 bits per heavy atom. The Balaban J connectivity index is 1.48. The number of aromatic nitrogens is 4. The van der Waals surface area contributed by atoms with Crippen molar-refractivity contribution in [2.24, 2.45) is 0 Å². The highest BCUT2D eigenvalue weighted by Gasteiger charge is 2.37. The molecule has 1 amide bonds. The zero-order chi connectivity index (χ0) is 21.8. The van der Waals surface area contributed by atoms with E-state index in [1.165, 1.54) is 23.4 Å². The van der Waals surface area contributed by atoms with Gasteiger partial charge in [-0.05, 0) is 24.3 Å². The average Bonchev–Trinajstić information content (AvgIpc) is 3.46. The van der Waals surface area contributed by atoms with Crippen LogP contribution in [0.4, 0.5) is 28.0 Å². The van der Waals surface area contributed by atoms with Crippen LogP contribution in [-0.2, 0) is 11.0 Å². The smallest absolute Gasteiger partial charge is 0.447 e. The molecule has 1 aliphatic heterocycles. The number of hydrogen-bond donors (Lipinski definition) is 1. The van der Waals surface area contributed by atoms with E-state index in [1.807, 2.05) is 0 Å². The highest BCUT2D eigenvalue weighted by atomic mass is 19.4. The van der Waals surface area contributed by atoms with E-state index in [0.29, 0.717) is 23.0 Å². The van der Waals surface area contributed by atoms with Gasteiger partial charge in [0.15, 0.2) is 0 Å². The SMILES string of the molecule is O=C1OC[C@H](c2ccc(-c3cn(C(F)(F)F)cn3)cc2F)N1c1ccc2nc[nH]c2c1.